The number of nitrogens with two attached hydrogens (primary N) is 1. The summed E-state index contributed by atoms with van der Waals surface area (Å²) in [5.41, 5.74) is 10.4. The Hall–Kier alpha value is -2.90. The Labute approximate surface area is 192 Å². The lowest BCUT2D eigenvalue weighted by atomic mass is 10.0. The molecule has 1 fully saturated rings. The zero-order valence-corrected chi connectivity index (χ0v) is 19.3. The van der Waals surface area contributed by atoms with E-state index in [1.54, 1.807) is 16.0 Å². The Bertz CT molecular complexity index is 1170. The number of aromatic amines is 1. The molecule has 2 aromatic heterocycles. The van der Waals surface area contributed by atoms with Crippen LogP contribution in [0.4, 0.5) is 5.69 Å². The van der Waals surface area contributed by atoms with Gasteiger partial charge in [-0.05, 0) is 35.6 Å². The van der Waals surface area contributed by atoms with Crippen molar-refractivity contribution in [2.75, 3.05) is 24.5 Å². The first-order valence-corrected chi connectivity index (χ1v) is 11.3. The number of halogens is 1. The van der Waals surface area contributed by atoms with Crippen molar-refractivity contribution in [2.24, 2.45) is 11.7 Å². The molecular weight excluding hydrogens is 426 g/mol. The fourth-order valence-corrected chi connectivity index (χ4v) is 4.44. The van der Waals surface area contributed by atoms with Crippen LogP contribution in [-0.4, -0.2) is 52.4 Å². The molecule has 1 aliphatic rings. The van der Waals surface area contributed by atoms with Gasteiger partial charge in [0.1, 0.15) is 12.2 Å². The van der Waals surface area contributed by atoms with Crippen LogP contribution in [0, 0.1) is 5.92 Å². The summed E-state index contributed by atoms with van der Waals surface area (Å²) in [6.45, 7) is 6.78. The zero-order chi connectivity index (χ0) is 23.0. The van der Waals surface area contributed by atoms with Crippen molar-refractivity contribution in [1.82, 2.24) is 14.9 Å². The standard InChI is InChI=1S/C24H28ClN5O2/c1-4-15-11-27-23-20(15)21(25)18(12-28-23)16-6-5-7-17(10-16)30-9-8-29(13-19(30)31)24(32)22(26)14(2)3/h5-7,10-12,14,22H,4,8-9,13,26H2,1-3H3,(H,27,28). The second kappa shape index (κ2) is 8.92. The Morgan fingerprint density at radius 2 is 2.09 bits per heavy atom. The largest absolute Gasteiger partial charge is 0.346 e. The number of carbonyl (C=O) groups excluding carboxylic acids is 2. The molecule has 0 aliphatic carbocycles. The van der Waals surface area contributed by atoms with Crippen LogP contribution in [0.1, 0.15) is 26.3 Å². The van der Waals surface area contributed by atoms with E-state index in [2.05, 4.69) is 16.9 Å². The minimum Gasteiger partial charge on any atom is -0.346 e. The first kappa shape index (κ1) is 22.3. The van der Waals surface area contributed by atoms with Gasteiger partial charge in [-0.2, -0.15) is 0 Å². The number of amides is 2. The number of aromatic nitrogens is 2. The number of fused-ring (bicyclic) bond motifs is 1. The fraction of sp³-hybridized carbons (Fsp3) is 0.375. The van der Waals surface area contributed by atoms with Crippen LogP contribution in [-0.2, 0) is 16.0 Å². The SMILES string of the molecule is CCc1c[nH]c2ncc(-c3cccc(N4CCN(C(=O)C(N)C(C)C)CC4=O)c3)c(Cl)c12. The van der Waals surface area contributed by atoms with Crippen molar-refractivity contribution in [3.8, 4) is 11.1 Å². The van der Waals surface area contributed by atoms with E-state index in [0.29, 0.717) is 18.1 Å². The fourth-order valence-electron chi connectivity index (χ4n) is 4.07. The lowest BCUT2D eigenvalue weighted by molar-refractivity contribution is -0.138. The molecule has 0 bridgehead atoms. The van der Waals surface area contributed by atoms with E-state index in [-0.39, 0.29) is 24.3 Å². The van der Waals surface area contributed by atoms with Crippen LogP contribution in [0.2, 0.25) is 5.02 Å². The molecule has 0 saturated carbocycles. The Balaban J connectivity index is 1.59. The van der Waals surface area contributed by atoms with Crippen LogP contribution in [0.3, 0.4) is 0 Å². The average Bonchev–Trinajstić information content (AvgIpc) is 3.22. The number of anilines is 1. The van der Waals surface area contributed by atoms with Gasteiger partial charge in [-0.3, -0.25) is 9.59 Å². The number of hydrogen-bond acceptors (Lipinski definition) is 4. The van der Waals surface area contributed by atoms with E-state index in [4.69, 9.17) is 17.3 Å². The van der Waals surface area contributed by atoms with E-state index in [1.165, 1.54) is 0 Å². The Kier molecular flexibility index (Phi) is 6.22. The molecule has 1 aliphatic heterocycles. The van der Waals surface area contributed by atoms with Crippen molar-refractivity contribution < 1.29 is 9.59 Å². The van der Waals surface area contributed by atoms with Gasteiger partial charge in [-0.15, -0.1) is 0 Å². The van der Waals surface area contributed by atoms with Gasteiger partial charge in [0, 0.05) is 42.1 Å². The molecule has 7 nitrogen and oxygen atoms in total. The van der Waals surface area contributed by atoms with Crippen LogP contribution in [0.5, 0.6) is 0 Å². The molecule has 3 heterocycles. The van der Waals surface area contributed by atoms with Gasteiger partial charge < -0.3 is 20.5 Å². The highest BCUT2D eigenvalue weighted by atomic mass is 35.5. The third kappa shape index (κ3) is 3.98. The highest BCUT2D eigenvalue weighted by Crippen LogP contribution is 2.36. The first-order valence-electron chi connectivity index (χ1n) is 10.9. The number of piperazine rings is 1. The zero-order valence-electron chi connectivity index (χ0n) is 18.6. The van der Waals surface area contributed by atoms with Crippen molar-refractivity contribution >= 4 is 40.1 Å². The summed E-state index contributed by atoms with van der Waals surface area (Å²) in [6, 6.07) is 7.11. The summed E-state index contributed by atoms with van der Waals surface area (Å²) >= 11 is 6.78. The van der Waals surface area contributed by atoms with Gasteiger partial charge in [0.2, 0.25) is 11.8 Å². The second-order valence-electron chi connectivity index (χ2n) is 8.50. The van der Waals surface area contributed by atoms with E-state index >= 15 is 0 Å². The number of benzene rings is 1. The highest BCUT2D eigenvalue weighted by Gasteiger charge is 2.31. The third-order valence-electron chi connectivity index (χ3n) is 6.11. The lowest BCUT2D eigenvalue weighted by Gasteiger charge is -2.36. The second-order valence-corrected chi connectivity index (χ2v) is 8.88. The number of carbonyl (C=O) groups is 2. The maximum absolute atomic E-state index is 12.9. The van der Waals surface area contributed by atoms with Gasteiger partial charge in [0.15, 0.2) is 0 Å². The minimum atomic E-state index is -0.594. The number of hydrogen-bond donors (Lipinski definition) is 2. The molecule has 2 amide bonds. The predicted octanol–water partition coefficient (Wildman–Crippen LogP) is 3.60. The lowest BCUT2D eigenvalue weighted by Crippen LogP contribution is -2.56. The summed E-state index contributed by atoms with van der Waals surface area (Å²) in [6.07, 6.45) is 4.54. The van der Waals surface area contributed by atoms with Crippen LogP contribution in [0.25, 0.3) is 22.2 Å². The summed E-state index contributed by atoms with van der Waals surface area (Å²) in [5.74, 6) is -0.279. The molecule has 3 N–H and O–H groups in total. The molecule has 0 spiro atoms. The van der Waals surface area contributed by atoms with Crippen LogP contribution in [0.15, 0.2) is 36.7 Å². The molecule has 1 aromatic carbocycles. The molecule has 1 saturated heterocycles. The summed E-state index contributed by atoms with van der Waals surface area (Å²) in [7, 11) is 0. The maximum atomic E-state index is 12.9. The number of rotatable bonds is 5. The average molecular weight is 454 g/mol. The smallest absolute Gasteiger partial charge is 0.246 e. The molecule has 32 heavy (non-hydrogen) atoms. The first-order chi connectivity index (χ1) is 15.3. The predicted molar refractivity (Wildman–Crippen MR) is 128 cm³/mol. The summed E-state index contributed by atoms with van der Waals surface area (Å²) < 4.78 is 0. The molecule has 1 atom stereocenters. The molecule has 0 radical (unpaired) electrons. The minimum absolute atomic E-state index is 0.0243. The molecule has 1 unspecified atom stereocenters. The molecule has 8 heteroatoms. The number of nitrogens with zero attached hydrogens (tertiary/aromatic N) is 3. The summed E-state index contributed by atoms with van der Waals surface area (Å²) in [5, 5.41) is 1.58. The normalized spacial score (nSPS) is 15.6. The molecule has 168 valence electrons. The van der Waals surface area contributed by atoms with Gasteiger partial charge in [-0.25, -0.2) is 4.98 Å². The number of H-pyrrole nitrogens is 1. The third-order valence-corrected chi connectivity index (χ3v) is 6.50. The van der Waals surface area contributed by atoms with Crippen molar-refractivity contribution in [2.45, 2.75) is 33.2 Å². The van der Waals surface area contributed by atoms with Gasteiger partial charge in [0.05, 0.1) is 11.1 Å². The van der Waals surface area contributed by atoms with E-state index in [1.807, 2.05) is 44.3 Å². The summed E-state index contributed by atoms with van der Waals surface area (Å²) in [4.78, 5) is 36.4. The van der Waals surface area contributed by atoms with Crippen molar-refractivity contribution in [3.05, 3.63) is 47.2 Å². The Morgan fingerprint density at radius 3 is 2.78 bits per heavy atom. The van der Waals surface area contributed by atoms with Gasteiger partial charge in [0.25, 0.3) is 0 Å². The van der Waals surface area contributed by atoms with E-state index in [0.717, 1.165) is 39.8 Å². The van der Waals surface area contributed by atoms with Gasteiger partial charge >= 0.3 is 0 Å². The maximum Gasteiger partial charge on any atom is 0.246 e. The van der Waals surface area contributed by atoms with E-state index < -0.39 is 6.04 Å². The number of nitrogens with one attached hydrogen (secondary N) is 1. The number of aryl methyl sites for hydroxylation is 1. The Morgan fingerprint density at radius 1 is 1.31 bits per heavy atom. The number of pyridine rings is 1. The topological polar surface area (TPSA) is 95.3 Å². The van der Waals surface area contributed by atoms with Crippen molar-refractivity contribution in [3.63, 3.8) is 0 Å². The monoisotopic (exact) mass is 453 g/mol. The van der Waals surface area contributed by atoms with Crippen molar-refractivity contribution in [1.29, 1.82) is 0 Å². The molecular formula is C24H28ClN5O2. The van der Waals surface area contributed by atoms with Crippen LogP contribution < -0.4 is 10.6 Å². The highest BCUT2D eigenvalue weighted by molar-refractivity contribution is 6.38. The quantitative estimate of drug-likeness (QED) is 0.617. The van der Waals surface area contributed by atoms with Gasteiger partial charge in [-0.1, -0.05) is 44.5 Å². The van der Waals surface area contributed by atoms with Crippen LogP contribution >= 0.6 is 11.6 Å². The molecule has 4 rings (SSSR count). The van der Waals surface area contributed by atoms with E-state index in [9.17, 15) is 9.59 Å². The molecule has 3 aromatic rings.